The summed E-state index contributed by atoms with van der Waals surface area (Å²) in [6, 6.07) is 17.3. The van der Waals surface area contributed by atoms with E-state index in [0.717, 1.165) is 24.5 Å². The smallest absolute Gasteiger partial charge is 0.433 e. The number of pyridine rings is 1. The molecule has 38 heavy (non-hydrogen) atoms. The molecule has 4 aromatic rings. The number of alkyl halides is 3. The van der Waals surface area contributed by atoms with Crippen molar-refractivity contribution in [3.8, 4) is 0 Å². The number of carbonyl (C=O) groups excluding carboxylic acids is 2. The summed E-state index contributed by atoms with van der Waals surface area (Å²) in [5.41, 5.74) is 0.366. The molecule has 3 heterocycles. The Bertz CT molecular complexity index is 1470. The van der Waals surface area contributed by atoms with Gasteiger partial charge in [0.2, 0.25) is 0 Å². The van der Waals surface area contributed by atoms with E-state index >= 15 is 0 Å². The minimum atomic E-state index is -4.68. The molecule has 0 atom stereocenters. The van der Waals surface area contributed by atoms with Crippen LogP contribution in [0.25, 0.3) is 10.9 Å². The summed E-state index contributed by atoms with van der Waals surface area (Å²) < 4.78 is 45.4. The molecule has 2 amide bonds. The van der Waals surface area contributed by atoms with E-state index in [9.17, 15) is 22.8 Å². The number of anilines is 1. The van der Waals surface area contributed by atoms with Crippen LogP contribution in [0.2, 0.25) is 0 Å². The largest absolute Gasteiger partial charge is 0.453 e. The average molecular weight is 524 g/mol. The van der Waals surface area contributed by atoms with E-state index in [0.29, 0.717) is 29.9 Å². The van der Waals surface area contributed by atoms with Gasteiger partial charge in [0.25, 0.3) is 11.8 Å². The lowest BCUT2D eigenvalue weighted by Gasteiger charge is -2.31. The minimum absolute atomic E-state index is 0.0912. The van der Waals surface area contributed by atoms with Crippen molar-refractivity contribution in [1.82, 2.24) is 9.88 Å². The number of carbonyl (C=O) groups is 2. The Morgan fingerprint density at radius 3 is 2.39 bits per heavy atom. The number of para-hydroxylation sites is 1. The Hall–Kier alpha value is -4.18. The van der Waals surface area contributed by atoms with Crippen LogP contribution in [0.3, 0.4) is 0 Å². The summed E-state index contributed by atoms with van der Waals surface area (Å²) in [4.78, 5) is 31.0. The van der Waals surface area contributed by atoms with Crippen molar-refractivity contribution >= 4 is 28.4 Å². The van der Waals surface area contributed by atoms with Gasteiger partial charge in [-0.3, -0.25) is 9.59 Å². The van der Waals surface area contributed by atoms with Crippen molar-refractivity contribution in [1.29, 1.82) is 0 Å². The van der Waals surface area contributed by atoms with Gasteiger partial charge in [-0.05, 0) is 60.7 Å². The lowest BCUT2D eigenvalue weighted by atomic mass is 9.89. The van der Waals surface area contributed by atoms with Gasteiger partial charge in [-0.15, -0.1) is 0 Å². The monoisotopic (exact) mass is 523 g/mol. The van der Waals surface area contributed by atoms with Crippen molar-refractivity contribution in [2.45, 2.75) is 31.5 Å². The Labute approximate surface area is 215 Å². The maximum absolute atomic E-state index is 13.3. The van der Waals surface area contributed by atoms with Crippen molar-refractivity contribution in [2.24, 2.45) is 0 Å². The molecule has 10 heteroatoms. The Kier molecular flexibility index (Phi) is 6.90. The number of nitrogens with zero attached hydrogens (tertiary/aromatic N) is 2. The summed E-state index contributed by atoms with van der Waals surface area (Å²) in [5.74, 6) is -0.105. The zero-order chi connectivity index (χ0) is 26.9. The zero-order valence-electron chi connectivity index (χ0n) is 20.2. The van der Waals surface area contributed by atoms with Gasteiger partial charge >= 0.3 is 6.18 Å². The van der Waals surface area contributed by atoms with Crippen LogP contribution in [0.15, 0.2) is 71.1 Å². The van der Waals surface area contributed by atoms with E-state index in [1.807, 2.05) is 12.1 Å². The van der Waals surface area contributed by atoms with Crippen LogP contribution in [0, 0.1) is 0 Å². The second-order valence-electron chi connectivity index (χ2n) is 9.14. The van der Waals surface area contributed by atoms with E-state index in [4.69, 9.17) is 9.52 Å². The minimum Gasteiger partial charge on any atom is -0.453 e. The van der Waals surface area contributed by atoms with Crippen LogP contribution < -0.4 is 5.32 Å². The summed E-state index contributed by atoms with van der Waals surface area (Å²) in [7, 11) is 0. The quantitative estimate of drug-likeness (QED) is 0.355. The number of hydrogen-bond donors (Lipinski definition) is 2. The van der Waals surface area contributed by atoms with E-state index < -0.39 is 17.8 Å². The summed E-state index contributed by atoms with van der Waals surface area (Å²) in [6.45, 7) is 0.834. The fourth-order valence-corrected chi connectivity index (χ4v) is 4.70. The van der Waals surface area contributed by atoms with E-state index in [1.165, 1.54) is 6.07 Å². The third-order valence-corrected chi connectivity index (χ3v) is 6.70. The number of rotatable bonds is 5. The van der Waals surface area contributed by atoms with Crippen LogP contribution in [-0.2, 0) is 12.8 Å². The first-order valence-corrected chi connectivity index (χ1v) is 12.1. The van der Waals surface area contributed by atoms with Gasteiger partial charge in [-0.1, -0.05) is 30.3 Å². The van der Waals surface area contributed by atoms with Crippen LogP contribution in [-0.4, -0.2) is 39.9 Å². The number of fused-ring (bicyclic) bond motifs is 1. The normalized spacial score (nSPS) is 14.6. The third-order valence-electron chi connectivity index (χ3n) is 6.70. The number of hydrogen-bond acceptors (Lipinski definition) is 5. The first-order valence-electron chi connectivity index (χ1n) is 12.1. The molecule has 0 radical (unpaired) electrons. The highest BCUT2D eigenvalue weighted by molar-refractivity contribution is 6.12. The topological polar surface area (TPSA) is 95.7 Å². The fourth-order valence-electron chi connectivity index (χ4n) is 4.70. The first-order chi connectivity index (χ1) is 18.2. The van der Waals surface area contributed by atoms with Gasteiger partial charge in [-0.25, -0.2) is 4.98 Å². The Balaban J connectivity index is 1.25. The molecule has 1 aliphatic rings. The molecule has 1 saturated heterocycles. The molecule has 0 unspecified atom stereocenters. The van der Waals surface area contributed by atoms with Crippen molar-refractivity contribution < 1.29 is 32.3 Å². The molecule has 5 rings (SSSR count). The maximum Gasteiger partial charge on any atom is 0.433 e. The predicted octanol–water partition coefficient (Wildman–Crippen LogP) is 5.61. The number of aliphatic hydroxyl groups is 1. The molecule has 2 N–H and O–H groups in total. The van der Waals surface area contributed by atoms with Crippen molar-refractivity contribution in [3.05, 3.63) is 95.1 Å². The predicted molar refractivity (Wildman–Crippen MR) is 134 cm³/mol. The summed E-state index contributed by atoms with van der Waals surface area (Å²) in [5, 5.41) is 12.1. The van der Waals surface area contributed by atoms with E-state index in [-0.39, 0.29) is 35.3 Å². The molecule has 0 saturated carbocycles. The maximum atomic E-state index is 13.3. The standard InChI is InChI=1S/C28H24F3N3O4/c29-28(30,31)25-15-22(21-3-1-2-4-23(21)33-25)26(36)32-19-7-5-17(6-8-19)18-11-13-34(14-12-18)27(37)24-10-9-20(16-35)38-24/h1-10,15,18,35H,11-14,16H2,(H,32,36). The molecule has 1 aliphatic heterocycles. The molecular weight excluding hydrogens is 499 g/mol. The molecule has 0 aliphatic carbocycles. The van der Waals surface area contributed by atoms with Crippen molar-refractivity contribution in [3.63, 3.8) is 0 Å². The van der Waals surface area contributed by atoms with Gasteiger partial charge in [0.05, 0.1) is 11.1 Å². The number of nitrogens with one attached hydrogen (secondary N) is 1. The molecule has 196 valence electrons. The van der Waals surface area contributed by atoms with Gasteiger partial charge in [0.1, 0.15) is 18.1 Å². The van der Waals surface area contributed by atoms with Gasteiger partial charge in [-0.2, -0.15) is 13.2 Å². The molecular formula is C28H24F3N3O4. The first kappa shape index (κ1) is 25.5. The second kappa shape index (κ2) is 10.3. The highest BCUT2D eigenvalue weighted by Crippen LogP contribution is 2.32. The SMILES string of the molecule is O=C(Nc1ccc(C2CCN(C(=O)c3ccc(CO)o3)CC2)cc1)c1cc(C(F)(F)F)nc2ccccc12. The number of aromatic nitrogens is 1. The molecule has 0 spiro atoms. The number of furan rings is 1. The average Bonchev–Trinajstić information content (AvgIpc) is 3.41. The molecule has 2 aromatic carbocycles. The van der Waals surface area contributed by atoms with E-state index in [2.05, 4.69) is 10.3 Å². The van der Waals surface area contributed by atoms with Crippen LogP contribution >= 0.6 is 0 Å². The van der Waals surface area contributed by atoms with Crippen molar-refractivity contribution in [2.75, 3.05) is 18.4 Å². The van der Waals surface area contributed by atoms with Gasteiger partial charge in [0, 0.05) is 24.2 Å². The lowest BCUT2D eigenvalue weighted by Crippen LogP contribution is -2.37. The molecule has 1 fully saturated rings. The van der Waals surface area contributed by atoms with Gasteiger partial charge < -0.3 is 19.7 Å². The number of amides is 2. The van der Waals surface area contributed by atoms with Crippen LogP contribution in [0.1, 0.15) is 56.7 Å². The second-order valence-corrected chi connectivity index (χ2v) is 9.14. The molecule has 7 nitrogen and oxygen atoms in total. The summed E-state index contributed by atoms with van der Waals surface area (Å²) in [6.07, 6.45) is -3.19. The van der Waals surface area contributed by atoms with Crippen LogP contribution in [0.5, 0.6) is 0 Å². The number of piperidine rings is 1. The number of aliphatic hydroxyl groups excluding tert-OH is 1. The highest BCUT2D eigenvalue weighted by atomic mass is 19.4. The molecule has 0 bridgehead atoms. The number of likely N-dealkylation sites (tertiary alicyclic amines) is 1. The summed E-state index contributed by atoms with van der Waals surface area (Å²) >= 11 is 0. The Morgan fingerprint density at radius 2 is 1.74 bits per heavy atom. The van der Waals surface area contributed by atoms with Gasteiger partial charge in [0.15, 0.2) is 5.76 Å². The zero-order valence-corrected chi connectivity index (χ0v) is 20.2. The lowest BCUT2D eigenvalue weighted by molar-refractivity contribution is -0.141. The van der Waals surface area contributed by atoms with Crippen LogP contribution in [0.4, 0.5) is 18.9 Å². The third kappa shape index (κ3) is 5.26. The Morgan fingerprint density at radius 1 is 1.03 bits per heavy atom. The number of benzene rings is 2. The number of halogens is 3. The highest BCUT2D eigenvalue weighted by Gasteiger charge is 2.34. The van der Waals surface area contributed by atoms with E-state index in [1.54, 1.807) is 47.4 Å². The molecule has 2 aromatic heterocycles. The fraction of sp³-hybridized carbons (Fsp3) is 0.250.